The predicted octanol–water partition coefficient (Wildman–Crippen LogP) is 2.37. The van der Waals surface area contributed by atoms with Crippen LogP contribution in [0, 0.1) is 0 Å². The molecule has 0 radical (unpaired) electrons. The summed E-state index contributed by atoms with van der Waals surface area (Å²) in [5, 5.41) is 3.22. The molecule has 79 valence electrons. The summed E-state index contributed by atoms with van der Waals surface area (Å²) in [6, 6.07) is 0. The van der Waals surface area contributed by atoms with Gasteiger partial charge in [0.1, 0.15) is 0 Å². The molecule has 1 N–H and O–H groups in total. The van der Waals surface area contributed by atoms with E-state index in [0.29, 0.717) is 0 Å². The van der Waals surface area contributed by atoms with Crippen LogP contribution in [0.3, 0.4) is 0 Å². The number of halogens is 2. The summed E-state index contributed by atoms with van der Waals surface area (Å²) < 4.78 is 33.4. The van der Waals surface area contributed by atoms with Gasteiger partial charge in [-0.15, -0.1) is 0 Å². The first kappa shape index (κ1) is 12.7. The van der Waals surface area contributed by atoms with Crippen LogP contribution in [0.2, 0.25) is 10.6 Å². The summed E-state index contributed by atoms with van der Waals surface area (Å²) in [5.41, 5.74) is 0. The van der Waals surface area contributed by atoms with Crippen molar-refractivity contribution in [2.45, 2.75) is 10.6 Å². The molecule has 0 unspecified atom stereocenters. The quantitative estimate of drug-likeness (QED) is 0.564. The van der Waals surface area contributed by atoms with Crippen LogP contribution in [0.15, 0.2) is 10.7 Å². The van der Waals surface area contributed by atoms with Crippen LogP contribution in [0.1, 0.15) is 0 Å². The van der Waals surface area contributed by atoms with Crippen molar-refractivity contribution < 1.29 is 29.9 Å². The first-order valence-electron chi connectivity index (χ1n) is 2.31. The Morgan fingerprint density at radius 3 is 2.08 bits per heavy atom. The van der Waals surface area contributed by atoms with Gasteiger partial charge in [0, 0.05) is 0 Å². The molecule has 0 aliphatic carbocycles. The van der Waals surface area contributed by atoms with Gasteiger partial charge in [0.05, 0.1) is 0 Å². The topological polar surface area (TPSA) is 63.6 Å². The van der Waals surface area contributed by atoms with E-state index >= 15 is 0 Å². The minimum absolute atomic E-state index is 0.782. The molecule has 4 nitrogen and oxygen atoms in total. The molecule has 0 aromatic rings. The number of rotatable bonds is 3. The van der Waals surface area contributed by atoms with Crippen LogP contribution in [-0.2, 0) is 27.3 Å². The van der Waals surface area contributed by atoms with Crippen molar-refractivity contribution in [3.63, 3.8) is 0 Å². The Hall–Kier alpha value is 0.718. The summed E-state index contributed by atoms with van der Waals surface area (Å²) in [4.78, 5) is 0. The second-order valence-electron chi connectivity index (χ2n) is 2.11. The van der Waals surface area contributed by atoms with Crippen molar-refractivity contribution in [2.24, 2.45) is 0 Å². The molecule has 0 heterocycles. The summed E-state index contributed by atoms with van der Waals surface area (Å²) in [6.07, 6.45) is 0.782. The van der Waals surface area contributed by atoms with Crippen LogP contribution in [0.5, 0.6) is 0 Å². The zero-order valence-electron chi connectivity index (χ0n) is 6.31. The Labute approximate surface area is 80.1 Å². The summed E-state index contributed by atoms with van der Waals surface area (Å²) in [5.74, 6) is 0. The molecule has 0 bridgehead atoms. The van der Waals surface area contributed by atoms with Crippen LogP contribution in [0.4, 0.5) is 0 Å². The van der Waals surface area contributed by atoms with Crippen LogP contribution >= 0.6 is 18.8 Å². The number of hydrogen-bond donors (Lipinski definition) is 1. The molecular formula is C4H9Cl2O4PtS. The Balaban J connectivity index is 4.32. The van der Waals surface area contributed by atoms with E-state index in [-0.39, 0.29) is 0 Å². The molecule has 0 amide bonds. The van der Waals surface area contributed by atoms with Crippen molar-refractivity contribution in [3.05, 3.63) is 10.7 Å². The summed E-state index contributed by atoms with van der Waals surface area (Å²) >= 11 is -3.51. The van der Waals surface area contributed by atoms with E-state index < -0.39 is 23.1 Å². The fraction of sp³-hybridized carbons (Fsp3) is 0.500. The Kier molecular flexibility index (Phi) is 3.67. The zero-order valence-corrected chi connectivity index (χ0v) is 10.9. The molecule has 0 aromatic heterocycles. The standard InChI is InChI=1S/C2H3O4S.2CH3.2ClH.Pt/c1-2-6-7(3,4)5;;;;;/h1-2H,(H,3,4,5);2*1H3;2*1H;/q;;;;;+2/p-2. The van der Waals surface area contributed by atoms with Gasteiger partial charge in [0.15, 0.2) is 0 Å². The third kappa shape index (κ3) is 10.7. The maximum absolute atomic E-state index is 10.0. The van der Waals surface area contributed by atoms with E-state index in [1.807, 2.05) is 0 Å². The van der Waals surface area contributed by atoms with Crippen LogP contribution in [-0.4, -0.2) is 13.0 Å². The first-order valence-corrected chi connectivity index (χ1v) is 15.2. The molecule has 12 heavy (non-hydrogen) atoms. The third-order valence-corrected chi connectivity index (χ3v) is 4.57. The number of hydrogen-bond acceptors (Lipinski definition) is 3. The third-order valence-electron chi connectivity index (χ3n) is 0.511. The Bertz CT molecular complexity index is 279. The van der Waals surface area contributed by atoms with Gasteiger partial charge in [-0.1, -0.05) is 0 Å². The van der Waals surface area contributed by atoms with E-state index in [0.717, 1.165) is 6.26 Å². The molecule has 0 saturated carbocycles. The monoisotopic (exact) mass is 418 g/mol. The molecule has 8 heteroatoms. The SMILES string of the molecule is [CH3][Pt]([CH3])([Cl])([Cl])[CH]=COS(=O)(=O)O. The Morgan fingerprint density at radius 1 is 1.42 bits per heavy atom. The molecule has 0 aromatic carbocycles. The summed E-state index contributed by atoms with van der Waals surface area (Å²) in [7, 11) is 7.20. The van der Waals surface area contributed by atoms with E-state index in [2.05, 4.69) is 4.18 Å². The van der Waals surface area contributed by atoms with Gasteiger partial charge in [-0.2, -0.15) is 0 Å². The van der Waals surface area contributed by atoms with Crippen molar-refractivity contribution in [1.82, 2.24) is 0 Å². The van der Waals surface area contributed by atoms with E-state index in [9.17, 15) is 8.42 Å². The zero-order chi connectivity index (χ0) is 10.1. The molecular weight excluding hydrogens is 410 g/mol. The van der Waals surface area contributed by atoms with Crippen molar-refractivity contribution in [2.75, 3.05) is 0 Å². The molecule has 0 rings (SSSR count). The normalized spacial score (nSPS) is 17.2. The average Bonchev–Trinajstić information content (AvgIpc) is 1.52. The van der Waals surface area contributed by atoms with Gasteiger partial charge in [0.25, 0.3) is 0 Å². The average molecular weight is 419 g/mol. The van der Waals surface area contributed by atoms with E-state index in [1.165, 1.54) is 4.47 Å². The van der Waals surface area contributed by atoms with Gasteiger partial charge in [-0.3, -0.25) is 0 Å². The van der Waals surface area contributed by atoms with Gasteiger partial charge >= 0.3 is 80.5 Å². The first-order chi connectivity index (χ1) is 4.96. The van der Waals surface area contributed by atoms with E-state index in [4.69, 9.17) is 23.4 Å². The molecule has 0 aliphatic rings. The van der Waals surface area contributed by atoms with Crippen LogP contribution in [0.25, 0.3) is 0 Å². The molecule has 0 atom stereocenters. The fourth-order valence-corrected chi connectivity index (χ4v) is 2.15. The van der Waals surface area contributed by atoms with Gasteiger partial charge in [-0.25, -0.2) is 0 Å². The molecule has 0 spiro atoms. The predicted molar refractivity (Wildman–Crippen MR) is 45.2 cm³/mol. The summed E-state index contributed by atoms with van der Waals surface area (Å²) in [6.45, 7) is 0. The van der Waals surface area contributed by atoms with Crippen molar-refractivity contribution >= 4 is 29.2 Å². The fourth-order valence-electron chi connectivity index (χ4n) is 0.206. The van der Waals surface area contributed by atoms with Crippen molar-refractivity contribution in [3.8, 4) is 0 Å². The van der Waals surface area contributed by atoms with Gasteiger partial charge in [-0.05, 0) is 0 Å². The molecule has 0 fully saturated rings. The molecule has 0 aliphatic heterocycles. The maximum atomic E-state index is 10.0. The van der Waals surface area contributed by atoms with Crippen LogP contribution < -0.4 is 0 Å². The Morgan fingerprint density at radius 2 is 1.83 bits per heavy atom. The van der Waals surface area contributed by atoms with E-state index in [1.54, 1.807) is 10.6 Å². The van der Waals surface area contributed by atoms with Gasteiger partial charge in [0.2, 0.25) is 0 Å². The van der Waals surface area contributed by atoms with Gasteiger partial charge < -0.3 is 0 Å². The second-order valence-corrected chi connectivity index (χ2v) is 26.6. The minimum atomic E-state index is -4.45. The molecule has 0 saturated heterocycles. The van der Waals surface area contributed by atoms with Crippen molar-refractivity contribution in [1.29, 1.82) is 0 Å². The second kappa shape index (κ2) is 3.46.